The maximum atomic E-state index is 11.7. The van der Waals surface area contributed by atoms with Gasteiger partial charge in [-0.3, -0.25) is 0 Å². The lowest BCUT2D eigenvalue weighted by atomic mass is 9.93. The molecule has 2 rings (SSSR count). The number of amides is 2. The molecule has 3 N–H and O–H groups in total. The van der Waals surface area contributed by atoms with Crippen LogP contribution in [0.5, 0.6) is 0 Å². The van der Waals surface area contributed by atoms with Crippen LogP contribution in [0.4, 0.5) is 4.79 Å². The third-order valence-corrected chi connectivity index (χ3v) is 3.72. The molecule has 2 amide bonds. The Hall–Kier alpha value is -0.770. The van der Waals surface area contributed by atoms with E-state index in [1.54, 1.807) is 0 Å². The van der Waals surface area contributed by atoms with Crippen molar-refractivity contribution in [1.82, 2.24) is 10.6 Å². The number of aliphatic hydroxyl groups is 1. The van der Waals surface area contributed by atoms with E-state index >= 15 is 0 Å². The molecular weight excluding hydrogens is 204 g/mol. The normalized spacial score (nSPS) is 31.9. The third kappa shape index (κ3) is 3.37. The van der Waals surface area contributed by atoms with Crippen molar-refractivity contribution in [1.29, 1.82) is 0 Å². The first-order chi connectivity index (χ1) is 7.65. The molecule has 92 valence electrons. The van der Waals surface area contributed by atoms with Crippen LogP contribution in [0.3, 0.4) is 0 Å². The Kier molecular flexibility index (Phi) is 3.69. The molecule has 0 saturated heterocycles. The highest BCUT2D eigenvalue weighted by Crippen LogP contribution is 2.32. The van der Waals surface area contributed by atoms with Gasteiger partial charge in [0.1, 0.15) is 0 Å². The maximum Gasteiger partial charge on any atom is 0.315 e. The lowest BCUT2D eigenvalue weighted by Gasteiger charge is -2.26. The van der Waals surface area contributed by atoms with E-state index in [9.17, 15) is 9.90 Å². The molecule has 2 aliphatic carbocycles. The molecule has 2 aliphatic rings. The second kappa shape index (κ2) is 5.04. The zero-order valence-electron chi connectivity index (χ0n) is 9.91. The number of rotatable bonds is 3. The number of carbonyl (C=O) groups is 1. The molecule has 0 spiro atoms. The molecule has 1 atom stereocenters. The summed E-state index contributed by atoms with van der Waals surface area (Å²) < 4.78 is 0. The van der Waals surface area contributed by atoms with Gasteiger partial charge in [0.05, 0.1) is 6.10 Å². The van der Waals surface area contributed by atoms with E-state index in [4.69, 9.17) is 0 Å². The summed E-state index contributed by atoms with van der Waals surface area (Å²) in [7, 11) is 0. The van der Waals surface area contributed by atoms with Gasteiger partial charge in [0, 0.05) is 12.1 Å². The Labute approximate surface area is 96.8 Å². The van der Waals surface area contributed by atoms with E-state index < -0.39 is 0 Å². The fourth-order valence-electron chi connectivity index (χ4n) is 2.37. The molecule has 0 bridgehead atoms. The van der Waals surface area contributed by atoms with Gasteiger partial charge < -0.3 is 15.7 Å². The molecule has 2 fully saturated rings. The van der Waals surface area contributed by atoms with E-state index in [0.717, 1.165) is 25.7 Å². The molecule has 0 radical (unpaired) electrons. The van der Waals surface area contributed by atoms with Gasteiger partial charge in [0.2, 0.25) is 0 Å². The average Bonchev–Trinajstić information content (AvgIpc) is 3.04. The number of urea groups is 1. The summed E-state index contributed by atoms with van der Waals surface area (Å²) in [5.74, 6) is 0.693. The van der Waals surface area contributed by atoms with Crippen LogP contribution in [0.1, 0.15) is 45.4 Å². The van der Waals surface area contributed by atoms with E-state index in [0.29, 0.717) is 12.0 Å². The Bertz CT molecular complexity index is 245. The van der Waals surface area contributed by atoms with Gasteiger partial charge in [-0.05, 0) is 51.4 Å². The van der Waals surface area contributed by atoms with Crippen molar-refractivity contribution in [2.45, 2.75) is 63.6 Å². The summed E-state index contributed by atoms with van der Waals surface area (Å²) in [6.07, 6.45) is 5.74. The number of nitrogens with one attached hydrogen (secondary N) is 2. The smallest absolute Gasteiger partial charge is 0.315 e. The topological polar surface area (TPSA) is 61.4 Å². The van der Waals surface area contributed by atoms with Crippen LogP contribution in [0.15, 0.2) is 0 Å². The minimum Gasteiger partial charge on any atom is -0.393 e. The summed E-state index contributed by atoms with van der Waals surface area (Å²) in [6, 6.07) is 0.504. The Balaban J connectivity index is 1.66. The summed E-state index contributed by atoms with van der Waals surface area (Å²) in [6.45, 7) is 2.07. The SMILES string of the molecule is CC(NC(=O)NC1CCC(O)CC1)C1CC1. The largest absolute Gasteiger partial charge is 0.393 e. The first-order valence-electron chi connectivity index (χ1n) is 6.40. The molecule has 0 aromatic carbocycles. The van der Waals surface area contributed by atoms with Crippen molar-refractivity contribution in [2.75, 3.05) is 0 Å². The van der Waals surface area contributed by atoms with Crippen molar-refractivity contribution in [2.24, 2.45) is 5.92 Å². The first-order valence-corrected chi connectivity index (χ1v) is 6.40. The fraction of sp³-hybridized carbons (Fsp3) is 0.917. The van der Waals surface area contributed by atoms with E-state index in [-0.39, 0.29) is 18.2 Å². The van der Waals surface area contributed by atoms with Crippen LogP contribution in [-0.2, 0) is 0 Å². The predicted octanol–water partition coefficient (Wildman–Crippen LogP) is 1.39. The van der Waals surface area contributed by atoms with Crippen molar-refractivity contribution in [3.8, 4) is 0 Å². The molecule has 0 heterocycles. The summed E-state index contributed by atoms with van der Waals surface area (Å²) in [4.78, 5) is 11.7. The standard InChI is InChI=1S/C12H22N2O2/c1-8(9-2-3-9)13-12(16)14-10-4-6-11(15)7-5-10/h8-11,15H,2-7H2,1H3,(H2,13,14,16). The Morgan fingerprint density at radius 3 is 2.38 bits per heavy atom. The highest BCUT2D eigenvalue weighted by Gasteiger charge is 2.29. The van der Waals surface area contributed by atoms with Gasteiger partial charge in [0.25, 0.3) is 0 Å². The van der Waals surface area contributed by atoms with E-state index in [1.807, 2.05) is 0 Å². The minimum atomic E-state index is -0.161. The van der Waals surface area contributed by atoms with Crippen molar-refractivity contribution >= 4 is 6.03 Å². The molecular formula is C12H22N2O2. The molecule has 4 nitrogen and oxygen atoms in total. The Morgan fingerprint density at radius 2 is 1.81 bits per heavy atom. The maximum absolute atomic E-state index is 11.7. The highest BCUT2D eigenvalue weighted by molar-refractivity contribution is 5.74. The predicted molar refractivity (Wildman–Crippen MR) is 62.1 cm³/mol. The van der Waals surface area contributed by atoms with Crippen molar-refractivity contribution < 1.29 is 9.90 Å². The van der Waals surface area contributed by atoms with Gasteiger partial charge >= 0.3 is 6.03 Å². The molecule has 1 unspecified atom stereocenters. The van der Waals surface area contributed by atoms with E-state index in [1.165, 1.54) is 12.8 Å². The van der Waals surface area contributed by atoms with Crippen molar-refractivity contribution in [3.63, 3.8) is 0 Å². The zero-order chi connectivity index (χ0) is 11.5. The van der Waals surface area contributed by atoms with Gasteiger partial charge in [-0.2, -0.15) is 0 Å². The van der Waals surface area contributed by atoms with Crippen molar-refractivity contribution in [3.05, 3.63) is 0 Å². The van der Waals surface area contributed by atoms with Gasteiger partial charge in [-0.15, -0.1) is 0 Å². The number of hydrogen-bond acceptors (Lipinski definition) is 2. The Morgan fingerprint density at radius 1 is 1.19 bits per heavy atom. The first kappa shape index (κ1) is 11.7. The zero-order valence-corrected chi connectivity index (χ0v) is 9.91. The second-order valence-corrected chi connectivity index (χ2v) is 5.25. The summed E-state index contributed by atoms with van der Waals surface area (Å²) in [5.41, 5.74) is 0. The highest BCUT2D eigenvalue weighted by atomic mass is 16.3. The molecule has 16 heavy (non-hydrogen) atoms. The third-order valence-electron chi connectivity index (χ3n) is 3.72. The lowest BCUT2D eigenvalue weighted by Crippen LogP contribution is -2.47. The fourth-order valence-corrected chi connectivity index (χ4v) is 2.37. The van der Waals surface area contributed by atoms with Gasteiger partial charge in [-0.25, -0.2) is 4.79 Å². The van der Waals surface area contributed by atoms with Gasteiger partial charge in [0.15, 0.2) is 0 Å². The molecule has 4 heteroatoms. The summed E-state index contributed by atoms with van der Waals surface area (Å²) in [5, 5.41) is 15.3. The van der Waals surface area contributed by atoms with Crippen LogP contribution >= 0.6 is 0 Å². The molecule has 0 aliphatic heterocycles. The number of aliphatic hydroxyl groups excluding tert-OH is 1. The minimum absolute atomic E-state index is 0.0409. The average molecular weight is 226 g/mol. The van der Waals surface area contributed by atoms with Crippen LogP contribution in [-0.4, -0.2) is 29.3 Å². The quantitative estimate of drug-likeness (QED) is 0.681. The summed E-state index contributed by atoms with van der Waals surface area (Å²) >= 11 is 0. The molecule has 0 aromatic heterocycles. The number of hydrogen-bond donors (Lipinski definition) is 3. The lowest BCUT2D eigenvalue weighted by molar-refractivity contribution is 0.117. The van der Waals surface area contributed by atoms with Crippen LogP contribution < -0.4 is 10.6 Å². The number of carbonyl (C=O) groups excluding carboxylic acids is 1. The van der Waals surface area contributed by atoms with Crippen LogP contribution in [0, 0.1) is 5.92 Å². The van der Waals surface area contributed by atoms with E-state index in [2.05, 4.69) is 17.6 Å². The van der Waals surface area contributed by atoms with Gasteiger partial charge in [-0.1, -0.05) is 0 Å². The second-order valence-electron chi connectivity index (χ2n) is 5.25. The molecule has 2 saturated carbocycles. The van der Waals surface area contributed by atoms with Crippen LogP contribution in [0.2, 0.25) is 0 Å². The van der Waals surface area contributed by atoms with Crippen LogP contribution in [0.25, 0.3) is 0 Å². The monoisotopic (exact) mass is 226 g/mol. The molecule has 0 aromatic rings.